The molecule has 1 amide bonds. The fraction of sp³-hybridized carbons (Fsp3) is 0.600. The van der Waals surface area contributed by atoms with E-state index >= 15 is 0 Å². The Hall–Kier alpha value is -2.64. The van der Waals surface area contributed by atoms with Gasteiger partial charge in [-0.1, -0.05) is 6.07 Å². The molecule has 7 rings (SSSR count). The highest BCUT2D eigenvalue weighted by Crippen LogP contribution is 2.43. The third-order valence-corrected chi connectivity index (χ3v) is 8.91. The Morgan fingerprint density at radius 1 is 1.11 bits per heavy atom. The molecule has 198 valence electrons. The van der Waals surface area contributed by atoms with Crippen LogP contribution in [-0.4, -0.2) is 48.9 Å². The number of fused-ring (bicyclic) bond motifs is 5. The highest BCUT2D eigenvalue weighted by molar-refractivity contribution is 6.00. The number of piperidine rings is 2. The van der Waals surface area contributed by atoms with Gasteiger partial charge in [0.2, 0.25) is 5.91 Å². The molecule has 1 N–H and O–H groups in total. The van der Waals surface area contributed by atoms with Gasteiger partial charge in [-0.05, 0) is 83.1 Å². The number of rotatable bonds is 5. The van der Waals surface area contributed by atoms with Crippen molar-refractivity contribution in [3.63, 3.8) is 0 Å². The maximum Gasteiger partial charge on any atom is 0.230 e. The zero-order valence-corrected chi connectivity index (χ0v) is 22.4. The summed E-state index contributed by atoms with van der Waals surface area (Å²) in [5.41, 5.74) is 4.16. The van der Waals surface area contributed by atoms with E-state index in [9.17, 15) is 4.79 Å². The van der Waals surface area contributed by atoms with Gasteiger partial charge in [0.1, 0.15) is 5.82 Å². The molecule has 4 heterocycles. The molecular weight excluding hydrogens is 464 g/mol. The average Bonchev–Trinajstić information content (AvgIpc) is 3.09. The van der Waals surface area contributed by atoms with E-state index in [4.69, 9.17) is 9.47 Å². The molecule has 2 saturated heterocycles. The van der Waals surface area contributed by atoms with E-state index in [-0.39, 0.29) is 24.0 Å². The Balaban J connectivity index is 1.29. The normalized spacial score (nSPS) is 28.9. The molecule has 1 aromatic carbocycles. The van der Waals surface area contributed by atoms with E-state index in [0.717, 1.165) is 61.4 Å². The number of nitrogens with one attached hydrogen (secondary N) is 1. The molecule has 2 aromatic rings. The summed E-state index contributed by atoms with van der Waals surface area (Å²) in [6, 6.07) is 11.1. The highest BCUT2D eigenvalue weighted by Gasteiger charge is 2.41. The van der Waals surface area contributed by atoms with Gasteiger partial charge in [-0.3, -0.25) is 4.79 Å². The number of amides is 1. The molecule has 37 heavy (non-hydrogen) atoms. The maximum absolute atomic E-state index is 14.1. The fourth-order valence-corrected chi connectivity index (χ4v) is 7.01. The largest absolute Gasteiger partial charge is 0.381 e. The summed E-state index contributed by atoms with van der Waals surface area (Å²) in [4.78, 5) is 23.3. The molecule has 1 aromatic heterocycles. The number of benzene rings is 1. The predicted molar refractivity (Wildman–Crippen MR) is 146 cm³/mol. The Morgan fingerprint density at radius 2 is 1.95 bits per heavy atom. The van der Waals surface area contributed by atoms with E-state index in [1.165, 1.54) is 18.5 Å². The van der Waals surface area contributed by atoms with Crippen LogP contribution in [0.1, 0.15) is 64.4 Å². The molecule has 1 unspecified atom stereocenters. The Bertz CT molecular complexity index is 1130. The maximum atomic E-state index is 14.1. The van der Waals surface area contributed by atoms with Gasteiger partial charge < -0.3 is 24.6 Å². The van der Waals surface area contributed by atoms with E-state index < -0.39 is 0 Å². The minimum atomic E-state index is 0.0233. The fourth-order valence-electron chi connectivity index (χ4n) is 7.01. The molecule has 2 bridgehead atoms. The van der Waals surface area contributed by atoms with Crippen molar-refractivity contribution in [2.45, 2.75) is 89.7 Å². The molecule has 2 saturated carbocycles. The number of methoxy groups -OCH3 is 1. The zero-order chi connectivity index (χ0) is 25.5. The summed E-state index contributed by atoms with van der Waals surface area (Å²) in [7, 11) is 1.85. The van der Waals surface area contributed by atoms with Crippen molar-refractivity contribution in [2.24, 2.45) is 11.8 Å². The number of pyridine rings is 1. The third-order valence-electron chi connectivity index (χ3n) is 8.91. The van der Waals surface area contributed by atoms with E-state index in [1.807, 2.05) is 24.3 Å². The zero-order valence-electron chi connectivity index (χ0n) is 22.4. The molecule has 7 nitrogen and oxygen atoms in total. The summed E-state index contributed by atoms with van der Waals surface area (Å²) in [6.07, 6.45) is 9.85. The monoisotopic (exact) mass is 504 g/mol. The van der Waals surface area contributed by atoms with Crippen LogP contribution in [-0.2, 0) is 20.8 Å². The van der Waals surface area contributed by atoms with Crippen molar-refractivity contribution in [3.05, 3.63) is 42.1 Å². The van der Waals surface area contributed by atoms with Gasteiger partial charge in [0.05, 0.1) is 36.2 Å². The van der Waals surface area contributed by atoms with Crippen molar-refractivity contribution in [2.75, 3.05) is 28.8 Å². The minimum absolute atomic E-state index is 0.0233. The van der Waals surface area contributed by atoms with E-state index in [1.54, 1.807) is 0 Å². The summed E-state index contributed by atoms with van der Waals surface area (Å²) in [5, 5.41) is 3.54. The predicted octanol–water partition coefficient (Wildman–Crippen LogP) is 5.66. The highest BCUT2D eigenvalue weighted by atomic mass is 16.5. The summed E-state index contributed by atoms with van der Waals surface area (Å²) in [6.45, 7) is 5.73. The van der Waals surface area contributed by atoms with Gasteiger partial charge in [0.15, 0.2) is 0 Å². The van der Waals surface area contributed by atoms with Crippen LogP contribution in [0.3, 0.4) is 0 Å². The Labute approximate surface area is 220 Å². The quantitative estimate of drug-likeness (QED) is 0.567. The van der Waals surface area contributed by atoms with Crippen LogP contribution < -0.4 is 15.1 Å². The molecule has 0 spiro atoms. The molecule has 7 heteroatoms. The van der Waals surface area contributed by atoms with Crippen LogP contribution in [0.2, 0.25) is 0 Å². The van der Waals surface area contributed by atoms with Gasteiger partial charge in [-0.2, -0.15) is 0 Å². The number of carbonyl (C=O) groups is 1. The molecule has 3 aliphatic heterocycles. The third kappa shape index (κ3) is 4.84. The van der Waals surface area contributed by atoms with Crippen LogP contribution in [0.25, 0.3) is 0 Å². The van der Waals surface area contributed by atoms with Crippen LogP contribution in [0.15, 0.2) is 36.5 Å². The second-order valence-electron chi connectivity index (χ2n) is 11.6. The number of nitrogens with zero attached hydrogens (tertiary/aromatic N) is 3. The van der Waals surface area contributed by atoms with Crippen LogP contribution in [0, 0.1) is 11.8 Å². The van der Waals surface area contributed by atoms with Crippen LogP contribution in [0.5, 0.6) is 0 Å². The second kappa shape index (κ2) is 10.3. The lowest BCUT2D eigenvalue weighted by molar-refractivity contribution is -0.124. The smallest absolute Gasteiger partial charge is 0.230 e. The second-order valence-corrected chi connectivity index (χ2v) is 11.6. The molecule has 0 radical (unpaired) electrons. The van der Waals surface area contributed by atoms with Crippen LogP contribution >= 0.6 is 0 Å². The van der Waals surface area contributed by atoms with Gasteiger partial charge >= 0.3 is 0 Å². The summed E-state index contributed by atoms with van der Waals surface area (Å²) < 4.78 is 11.8. The van der Waals surface area contributed by atoms with Crippen LogP contribution in [0.4, 0.5) is 22.9 Å². The Morgan fingerprint density at radius 3 is 2.68 bits per heavy atom. The number of aromatic nitrogens is 1. The summed E-state index contributed by atoms with van der Waals surface area (Å²) >= 11 is 0. The van der Waals surface area contributed by atoms with E-state index in [0.29, 0.717) is 24.6 Å². The SMILES string of the molecule is COC1C[C@H]2CC[C@@H]1CN2c1ccc2c(c1)N(C(=O)[C@H]1CC[C@H](OC(C)C)CC1)Cc1cccnc1N2. The van der Waals surface area contributed by atoms with Crippen molar-refractivity contribution in [1.82, 2.24) is 4.98 Å². The van der Waals surface area contributed by atoms with Gasteiger partial charge in [-0.15, -0.1) is 0 Å². The lowest BCUT2D eigenvalue weighted by Crippen LogP contribution is -2.54. The Kier molecular flexibility index (Phi) is 6.84. The molecule has 5 aliphatic rings. The van der Waals surface area contributed by atoms with Crippen molar-refractivity contribution in [1.29, 1.82) is 0 Å². The van der Waals surface area contributed by atoms with Gasteiger partial charge in [0, 0.05) is 49.0 Å². The average molecular weight is 505 g/mol. The first kappa shape index (κ1) is 24.7. The number of hydrogen-bond acceptors (Lipinski definition) is 6. The lowest BCUT2D eigenvalue weighted by Gasteiger charge is -2.50. The van der Waals surface area contributed by atoms with Crippen molar-refractivity contribution < 1.29 is 14.3 Å². The number of ether oxygens (including phenoxy) is 2. The van der Waals surface area contributed by atoms with Crippen molar-refractivity contribution in [3.8, 4) is 0 Å². The minimum Gasteiger partial charge on any atom is -0.381 e. The number of hydrogen-bond donors (Lipinski definition) is 1. The van der Waals surface area contributed by atoms with E-state index in [2.05, 4.69) is 53.3 Å². The standard InChI is InChI=1S/C30H40N4O3/c1-19(2)37-25-11-7-20(8-12-25)30(35)34-18-22-5-4-14-31-29(22)32-26-13-10-23(15-27(26)34)33-17-21-6-9-24(33)16-28(21)36-3/h4-5,10,13-15,19-21,24-25,28H,6-9,11-12,16-18H2,1-3H3,(H,31,32)/t20-,21-,24-,25-,28?/m1/s1. The first-order chi connectivity index (χ1) is 18.0. The van der Waals surface area contributed by atoms with Gasteiger partial charge in [0.25, 0.3) is 0 Å². The molecule has 3 atom stereocenters. The number of carbonyl (C=O) groups excluding carboxylic acids is 1. The molecule has 4 fully saturated rings. The number of anilines is 4. The molecule has 2 aliphatic carbocycles. The topological polar surface area (TPSA) is 66.9 Å². The lowest BCUT2D eigenvalue weighted by atomic mass is 9.77. The van der Waals surface area contributed by atoms with Gasteiger partial charge in [-0.25, -0.2) is 4.98 Å². The summed E-state index contributed by atoms with van der Waals surface area (Å²) in [5.74, 6) is 1.65. The first-order valence-electron chi connectivity index (χ1n) is 14.1. The van der Waals surface area contributed by atoms with Crippen molar-refractivity contribution >= 4 is 28.8 Å². The molecular formula is C30H40N4O3. The first-order valence-corrected chi connectivity index (χ1v) is 14.1.